The van der Waals surface area contributed by atoms with Gasteiger partial charge in [-0.2, -0.15) is 0 Å². The van der Waals surface area contributed by atoms with Gasteiger partial charge in [0.15, 0.2) is 0 Å². The van der Waals surface area contributed by atoms with Gasteiger partial charge in [-0.15, -0.1) is 11.8 Å². The van der Waals surface area contributed by atoms with Crippen LogP contribution in [0.25, 0.3) is 0 Å². The number of nitrogens with one attached hydrogen (secondary N) is 1. The van der Waals surface area contributed by atoms with Crippen LogP contribution in [0.5, 0.6) is 0 Å². The standard InChI is InChI=1S/C16H24ClNO2S/c1-4-18-16(3,15(19)20-5-2)11-6-12-21-14-9-7-13(17)8-10-14/h7-10,18H,4-6,11-12H2,1-3H3. The number of rotatable bonds is 9. The Bertz CT molecular complexity index is 438. The van der Waals surface area contributed by atoms with Gasteiger partial charge < -0.3 is 10.1 Å². The van der Waals surface area contributed by atoms with Crippen molar-refractivity contribution in [2.75, 3.05) is 18.9 Å². The molecular formula is C16H24ClNO2S. The van der Waals surface area contributed by atoms with Gasteiger partial charge in [-0.25, -0.2) is 0 Å². The number of esters is 1. The molecule has 1 atom stereocenters. The minimum atomic E-state index is -0.592. The zero-order valence-electron chi connectivity index (χ0n) is 12.9. The van der Waals surface area contributed by atoms with Gasteiger partial charge in [0.1, 0.15) is 5.54 Å². The minimum Gasteiger partial charge on any atom is -0.465 e. The van der Waals surface area contributed by atoms with E-state index in [1.807, 2.05) is 45.0 Å². The molecular weight excluding hydrogens is 306 g/mol. The molecule has 118 valence electrons. The Balaban J connectivity index is 2.43. The highest BCUT2D eigenvalue weighted by Gasteiger charge is 2.32. The lowest BCUT2D eigenvalue weighted by molar-refractivity contribution is -0.150. The highest BCUT2D eigenvalue weighted by Crippen LogP contribution is 2.23. The Hall–Kier alpha value is -0.710. The third-order valence-corrected chi connectivity index (χ3v) is 4.55. The van der Waals surface area contributed by atoms with Gasteiger partial charge in [-0.1, -0.05) is 18.5 Å². The van der Waals surface area contributed by atoms with Crippen LogP contribution in [-0.4, -0.2) is 30.4 Å². The molecule has 0 aliphatic heterocycles. The van der Waals surface area contributed by atoms with E-state index in [0.29, 0.717) is 6.61 Å². The van der Waals surface area contributed by atoms with Crippen LogP contribution < -0.4 is 5.32 Å². The Morgan fingerprint density at radius 1 is 1.33 bits per heavy atom. The number of thioether (sulfide) groups is 1. The van der Waals surface area contributed by atoms with Crippen molar-refractivity contribution in [2.45, 2.75) is 44.0 Å². The molecule has 3 nitrogen and oxygen atoms in total. The van der Waals surface area contributed by atoms with Crippen molar-refractivity contribution < 1.29 is 9.53 Å². The van der Waals surface area contributed by atoms with Crippen LogP contribution in [0.15, 0.2) is 29.2 Å². The molecule has 1 N–H and O–H groups in total. The summed E-state index contributed by atoms with van der Waals surface area (Å²) in [5.74, 6) is 0.797. The summed E-state index contributed by atoms with van der Waals surface area (Å²) in [4.78, 5) is 13.2. The third kappa shape index (κ3) is 6.29. The summed E-state index contributed by atoms with van der Waals surface area (Å²) in [7, 11) is 0. The molecule has 1 aromatic rings. The zero-order chi connectivity index (χ0) is 15.7. The second-order valence-electron chi connectivity index (χ2n) is 4.99. The molecule has 0 aromatic heterocycles. The van der Waals surface area contributed by atoms with Gasteiger partial charge in [0.05, 0.1) is 6.61 Å². The molecule has 0 aliphatic rings. The molecule has 0 spiro atoms. The molecule has 0 fully saturated rings. The van der Waals surface area contributed by atoms with Crippen molar-refractivity contribution in [3.05, 3.63) is 29.3 Å². The summed E-state index contributed by atoms with van der Waals surface area (Å²) in [6.45, 7) is 6.92. The molecule has 0 saturated heterocycles. The van der Waals surface area contributed by atoms with Gasteiger partial charge in [0, 0.05) is 9.92 Å². The number of hydrogen-bond donors (Lipinski definition) is 1. The van der Waals surface area contributed by atoms with E-state index < -0.39 is 5.54 Å². The fourth-order valence-corrected chi connectivity index (χ4v) is 3.07. The maximum Gasteiger partial charge on any atom is 0.326 e. The molecule has 1 unspecified atom stereocenters. The van der Waals surface area contributed by atoms with E-state index in [0.717, 1.165) is 30.2 Å². The van der Waals surface area contributed by atoms with Crippen molar-refractivity contribution in [1.82, 2.24) is 5.32 Å². The summed E-state index contributed by atoms with van der Waals surface area (Å²) in [6.07, 6.45) is 1.70. The largest absolute Gasteiger partial charge is 0.465 e. The van der Waals surface area contributed by atoms with Crippen LogP contribution >= 0.6 is 23.4 Å². The Kier molecular flexibility index (Phi) is 8.15. The summed E-state index contributed by atoms with van der Waals surface area (Å²) < 4.78 is 5.17. The van der Waals surface area contributed by atoms with Crippen molar-refractivity contribution in [3.8, 4) is 0 Å². The van der Waals surface area contributed by atoms with E-state index in [9.17, 15) is 4.79 Å². The van der Waals surface area contributed by atoms with Crippen LogP contribution in [0, 0.1) is 0 Å². The van der Waals surface area contributed by atoms with Crippen LogP contribution in [0.2, 0.25) is 5.02 Å². The number of ether oxygens (including phenoxy) is 1. The monoisotopic (exact) mass is 329 g/mol. The van der Waals surface area contributed by atoms with Crippen molar-refractivity contribution in [1.29, 1.82) is 0 Å². The topological polar surface area (TPSA) is 38.3 Å². The average molecular weight is 330 g/mol. The summed E-state index contributed by atoms with van der Waals surface area (Å²) in [5, 5.41) is 4.00. The fraction of sp³-hybridized carbons (Fsp3) is 0.562. The number of carbonyl (C=O) groups is 1. The second kappa shape index (κ2) is 9.34. The highest BCUT2D eigenvalue weighted by atomic mass is 35.5. The molecule has 0 bridgehead atoms. The first kappa shape index (κ1) is 18.3. The second-order valence-corrected chi connectivity index (χ2v) is 6.59. The lowest BCUT2D eigenvalue weighted by Gasteiger charge is -2.28. The van der Waals surface area contributed by atoms with E-state index >= 15 is 0 Å². The van der Waals surface area contributed by atoms with Crippen molar-refractivity contribution in [3.63, 3.8) is 0 Å². The van der Waals surface area contributed by atoms with Gasteiger partial charge in [-0.3, -0.25) is 4.79 Å². The quantitative estimate of drug-likeness (QED) is 0.420. The number of hydrogen-bond acceptors (Lipinski definition) is 4. The van der Waals surface area contributed by atoms with Crippen LogP contribution in [0.4, 0.5) is 0 Å². The maximum absolute atomic E-state index is 12.1. The molecule has 0 radical (unpaired) electrons. The molecule has 5 heteroatoms. The van der Waals surface area contributed by atoms with E-state index in [1.165, 1.54) is 4.90 Å². The predicted octanol–water partition coefficient (Wildman–Crippen LogP) is 4.14. The zero-order valence-corrected chi connectivity index (χ0v) is 14.5. The summed E-state index contributed by atoms with van der Waals surface area (Å²) in [5.41, 5.74) is -0.592. The van der Waals surface area contributed by atoms with Crippen molar-refractivity contribution >= 4 is 29.3 Å². The Morgan fingerprint density at radius 3 is 2.57 bits per heavy atom. The lowest BCUT2D eigenvalue weighted by Crippen LogP contribution is -2.50. The number of likely N-dealkylation sites (N-methyl/N-ethyl adjacent to an activating group) is 1. The van der Waals surface area contributed by atoms with E-state index in [1.54, 1.807) is 11.8 Å². The van der Waals surface area contributed by atoms with Gasteiger partial charge in [-0.05, 0) is 63.3 Å². The Labute approximate surface area is 136 Å². The van der Waals surface area contributed by atoms with Crippen LogP contribution in [0.3, 0.4) is 0 Å². The normalized spacial score (nSPS) is 13.7. The minimum absolute atomic E-state index is 0.164. The molecule has 0 aliphatic carbocycles. The maximum atomic E-state index is 12.1. The van der Waals surface area contributed by atoms with Crippen molar-refractivity contribution in [2.24, 2.45) is 0 Å². The average Bonchev–Trinajstić information content (AvgIpc) is 2.46. The van der Waals surface area contributed by atoms with E-state index in [4.69, 9.17) is 16.3 Å². The fourth-order valence-electron chi connectivity index (χ4n) is 2.09. The molecule has 0 amide bonds. The number of benzene rings is 1. The Morgan fingerprint density at radius 2 is 2.00 bits per heavy atom. The molecule has 1 rings (SSSR count). The van der Waals surface area contributed by atoms with Crippen LogP contribution in [-0.2, 0) is 9.53 Å². The molecule has 1 aromatic carbocycles. The number of halogens is 1. The van der Waals surface area contributed by atoms with E-state index in [-0.39, 0.29) is 5.97 Å². The first-order valence-corrected chi connectivity index (χ1v) is 8.68. The van der Waals surface area contributed by atoms with Gasteiger partial charge in [0.2, 0.25) is 0 Å². The van der Waals surface area contributed by atoms with Gasteiger partial charge >= 0.3 is 5.97 Å². The van der Waals surface area contributed by atoms with E-state index in [2.05, 4.69) is 5.32 Å². The highest BCUT2D eigenvalue weighted by molar-refractivity contribution is 7.99. The third-order valence-electron chi connectivity index (χ3n) is 3.20. The van der Waals surface area contributed by atoms with Crippen LogP contribution in [0.1, 0.15) is 33.6 Å². The first-order valence-electron chi connectivity index (χ1n) is 7.32. The smallest absolute Gasteiger partial charge is 0.326 e. The summed E-state index contributed by atoms with van der Waals surface area (Å²) >= 11 is 7.64. The molecule has 0 heterocycles. The number of carbonyl (C=O) groups excluding carboxylic acids is 1. The molecule has 0 saturated carbocycles. The first-order chi connectivity index (χ1) is 10.0. The van der Waals surface area contributed by atoms with Gasteiger partial charge in [0.25, 0.3) is 0 Å². The summed E-state index contributed by atoms with van der Waals surface area (Å²) in [6, 6.07) is 7.82. The SMILES string of the molecule is CCNC(C)(CCCSc1ccc(Cl)cc1)C(=O)OCC. The predicted molar refractivity (Wildman–Crippen MR) is 90.1 cm³/mol. The lowest BCUT2D eigenvalue weighted by atomic mass is 9.96. The molecule has 21 heavy (non-hydrogen) atoms.